The summed E-state index contributed by atoms with van der Waals surface area (Å²) in [6, 6.07) is 27.2. The average Bonchev–Trinajstić information content (AvgIpc) is 4.11. The predicted molar refractivity (Wildman–Crippen MR) is 205 cm³/mol. The van der Waals surface area contributed by atoms with Gasteiger partial charge in [-0.05, 0) is 43.1 Å². The van der Waals surface area contributed by atoms with E-state index in [4.69, 9.17) is 0 Å². The Hall–Kier alpha value is -7.04. The zero-order chi connectivity index (χ0) is 42.9. The highest BCUT2D eigenvalue weighted by molar-refractivity contribution is 7.94. The molecule has 28 heteroatoms. The minimum absolute atomic E-state index is 0.329. The smallest absolute Gasteiger partial charge is 0.220 e. The fourth-order valence-electron chi connectivity index (χ4n) is 7.80. The summed E-state index contributed by atoms with van der Waals surface area (Å²) in [4.78, 5) is 0. The van der Waals surface area contributed by atoms with Crippen LogP contribution in [0.3, 0.4) is 0 Å². The van der Waals surface area contributed by atoms with Gasteiger partial charge in [-0.2, -0.15) is 20.9 Å². The number of nitrogens with one attached hydrogen (secondary N) is 4. The predicted octanol–water partition coefficient (Wildman–Crippen LogP) is 0.886. The Morgan fingerprint density at radius 2 is 0.525 bits per heavy atom. The molecule has 4 aromatic heterocycles. The molecule has 312 valence electrons. The third kappa shape index (κ3) is 6.92. The van der Waals surface area contributed by atoms with Crippen LogP contribution in [0.15, 0.2) is 142 Å². The lowest BCUT2D eigenvalue weighted by atomic mass is 9.66. The molecule has 0 bridgehead atoms. The summed E-state index contributed by atoms with van der Waals surface area (Å²) in [6.45, 7) is 0. The minimum atomic E-state index is -5.52. The van der Waals surface area contributed by atoms with Crippen LogP contribution in [0.2, 0.25) is 0 Å². The Morgan fingerprint density at radius 3 is 0.689 bits per heavy atom. The lowest BCUT2D eigenvalue weighted by molar-refractivity contribution is 0.218. The van der Waals surface area contributed by atoms with Gasteiger partial charge in [0.25, 0.3) is 20.6 Å². The number of benzene rings is 4. The van der Waals surface area contributed by atoms with Crippen molar-refractivity contribution in [3.05, 3.63) is 144 Å². The van der Waals surface area contributed by atoms with E-state index in [-0.39, 0.29) is 22.3 Å². The lowest BCUT2D eigenvalue weighted by Gasteiger charge is -2.52. The van der Waals surface area contributed by atoms with Gasteiger partial charge in [-0.25, -0.2) is 33.7 Å². The van der Waals surface area contributed by atoms with Crippen molar-refractivity contribution in [2.24, 2.45) is 5.41 Å². The maximum atomic E-state index is 16.0. The zero-order valence-corrected chi connectivity index (χ0v) is 33.9. The summed E-state index contributed by atoms with van der Waals surface area (Å²) < 4.78 is 128. The van der Waals surface area contributed by atoms with Crippen LogP contribution in [-0.2, 0) is 39.3 Å². The van der Waals surface area contributed by atoms with E-state index in [2.05, 4.69) is 82.5 Å². The van der Waals surface area contributed by atoms with Crippen LogP contribution in [0.4, 0.5) is 0 Å². The maximum Gasteiger partial charge on any atom is 0.288 e. The van der Waals surface area contributed by atoms with Crippen LogP contribution in [0.25, 0.3) is 0 Å². The number of nitrogens with zero attached hydrogens (tertiary/aromatic N) is 12. The van der Waals surface area contributed by atoms with E-state index in [9.17, 15) is 0 Å². The van der Waals surface area contributed by atoms with Crippen LogP contribution in [-0.4, -0.2) is 116 Å². The van der Waals surface area contributed by atoms with Gasteiger partial charge < -0.3 is 0 Å². The van der Waals surface area contributed by atoms with Crippen LogP contribution >= 0.6 is 0 Å². The van der Waals surface area contributed by atoms with E-state index in [1.165, 1.54) is 121 Å². The number of rotatable bonds is 16. The van der Waals surface area contributed by atoms with Crippen LogP contribution in [0.1, 0.15) is 43.3 Å². The number of hydrogen-bond acceptors (Lipinski definition) is 20. The van der Waals surface area contributed by atoms with Gasteiger partial charge in [0.05, 0.1) is 5.41 Å². The van der Waals surface area contributed by atoms with E-state index < -0.39 is 86.4 Å². The molecule has 0 fully saturated rings. The second-order valence-electron chi connectivity index (χ2n) is 13.1. The number of H-pyrrole nitrogens is 4. The van der Waals surface area contributed by atoms with Gasteiger partial charge in [0, 0.05) is 0 Å². The molecule has 0 saturated heterocycles. The van der Waals surface area contributed by atoms with Crippen molar-refractivity contribution in [3.63, 3.8) is 0 Å². The first-order valence-corrected chi connectivity index (χ1v) is 23.6. The third-order valence-electron chi connectivity index (χ3n) is 9.79. The van der Waals surface area contributed by atoms with Gasteiger partial charge in [-0.15, -0.1) is 20.4 Å². The molecule has 4 unspecified atom stereocenters. The van der Waals surface area contributed by atoms with E-state index in [1.54, 1.807) is 0 Å². The second-order valence-corrected chi connectivity index (χ2v) is 20.8. The molecule has 0 aliphatic rings. The van der Waals surface area contributed by atoms with Crippen LogP contribution in [0.5, 0.6) is 0 Å². The maximum absolute atomic E-state index is 16.0. The fraction of sp³-hybridized carbons (Fsp3) is 0.152. The summed E-state index contributed by atoms with van der Waals surface area (Å²) in [5.41, 5.74) is -4.76. The Kier molecular flexibility index (Phi) is 10.6. The molecule has 61 heavy (non-hydrogen) atoms. The second kappa shape index (κ2) is 15.9. The van der Waals surface area contributed by atoms with Crippen molar-refractivity contribution in [1.82, 2.24) is 82.5 Å². The lowest BCUT2D eigenvalue weighted by Crippen LogP contribution is -2.54. The molecular formula is C33H28N16O8S4. The SMILES string of the molecule is O=S(=O)(c1nn[nH]n1)C(c1ccccc1)C(C(c1ccccc1)S(=O)(=O)c1nn[nH]n1)(C(c1ccccc1)S(=O)(=O)c1nn[nH]n1)C(c1ccccc1)S(=O)(=O)c1nn[nH]n1. The van der Waals surface area contributed by atoms with E-state index in [1.807, 2.05) is 0 Å². The van der Waals surface area contributed by atoms with Gasteiger partial charge in [0.2, 0.25) is 39.3 Å². The normalized spacial score (nSPS) is 15.6. The van der Waals surface area contributed by atoms with E-state index >= 15 is 33.7 Å². The molecule has 0 spiro atoms. The Bertz CT molecular complexity index is 2720. The molecule has 4 atom stereocenters. The number of sulfone groups is 4. The Labute approximate surface area is 344 Å². The summed E-state index contributed by atoms with van der Waals surface area (Å²) >= 11 is 0. The molecule has 8 aromatic rings. The van der Waals surface area contributed by atoms with Gasteiger partial charge in [-0.3, -0.25) is 0 Å². The zero-order valence-electron chi connectivity index (χ0n) is 30.6. The topological polar surface area (TPSA) is 354 Å². The molecule has 24 nitrogen and oxygen atoms in total. The summed E-state index contributed by atoms with van der Waals surface area (Å²) in [5.74, 6) is 0. The first-order valence-electron chi connectivity index (χ1n) is 17.4. The molecule has 0 amide bonds. The number of aromatic amines is 4. The molecule has 0 radical (unpaired) electrons. The van der Waals surface area contributed by atoms with E-state index in [0.29, 0.717) is 0 Å². The van der Waals surface area contributed by atoms with Crippen LogP contribution in [0, 0.1) is 5.41 Å². The van der Waals surface area contributed by atoms with Gasteiger partial charge in [0.1, 0.15) is 21.0 Å². The highest BCUT2D eigenvalue weighted by Gasteiger charge is 2.72. The number of hydrogen-bond donors (Lipinski definition) is 4. The van der Waals surface area contributed by atoms with Crippen molar-refractivity contribution in [3.8, 4) is 0 Å². The molecule has 4 aromatic carbocycles. The number of tetrazole rings is 4. The van der Waals surface area contributed by atoms with E-state index in [0.717, 1.165) is 0 Å². The summed E-state index contributed by atoms with van der Waals surface area (Å²) in [6.07, 6.45) is 0. The van der Waals surface area contributed by atoms with Crippen molar-refractivity contribution < 1.29 is 33.7 Å². The van der Waals surface area contributed by atoms with Crippen molar-refractivity contribution in [2.45, 2.75) is 41.6 Å². The highest BCUT2D eigenvalue weighted by atomic mass is 32.2. The molecule has 4 N–H and O–H groups in total. The Morgan fingerprint density at radius 1 is 0.328 bits per heavy atom. The Balaban J connectivity index is 1.76. The highest BCUT2D eigenvalue weighted by Crippen LogP contribution is 2.70. The molecule has 8 rings (SSSR count). The first kappa shape index (κ1) is 40.7. The average molecular weight is 905 g/mol. The van der Waals surface area contributed by atoms with Crippen molar-refractivity contribution in [1.29, 1.82) is 0 Å². The van der Waals surface area contributed by atoms with Gasteiger partial charge >= 0.3 is 0 Å². The third-order valence-corrected chi connectivity index (χ3v) is 17.7. The molecule has 0 aliphatic heterocycles. The van der Waals surface area contributed by atoms with Gasteiger partial charge in [-0.1, -0.05) is 142 Å². The molecular weight excluding hydrogens is 877 g/mol. The molecule has 4 heterocycles. The quantitative estimate of drug-likeness (QED) is 0.105. The standard InChI is InChI=1S/C33H28N16O8S4/c50-58(51,29-34-42-43-35-29)25(21-13-5-1-6-14-21)33(26(22-15-7-2-8-16-22)59(52,53)30-36-44-45-37-30,27(23-17-9-3-10-18-23)60(54,55)31-38-46-47-39-31)28(24-19-11-4-12-20-24)61(56,57)32-40-48-49-41-32/h1-20,25-28H,(H,34,35,42,43)(H,36,37,44,45)(H,38,39,46,47)(H,40,41,48,49). The van der Waals surface area contributed by atoms with Crippen LogP contribution < -0.4 is 0 Å². The summed E-state index contributed by atoms with van der Waals surface area (Å²) in [5, 5.41) is 37.5. The molecule has 0 saturated carbocycles. The minimum Gasteiger partial charge on any atom is -0.220 e. The first-order chi connectivity index (χ1) is 29.3. The van der Waals surface area contributed by atoms with Crippen molar-refractivity contribution >= 4 is 39.3 Å². The molecule has 0 aliphatic carbocycles. The fourth-order valence-corrected chi connectivity index (χ4v) is 16.3. The summed E-state index contributed by atoms with van der Waals surface area (Å²) in [7, 11) is -22.1. The monoisotopic (exact) mass is 904 g/mol. The number of aromatic nitrogens is 16. The van der Waals surface area contributed by atoms with Gasteiger partial charge in [0.15, 0.2) is 0 Å². The largest absolute Gasteiger partial charge is 0.288 e. The van der Waals surface area contributed by atoms with Crippen molar-refractivity contribution in [2.75, 3.05) is 0 Å².